The number of hydrogen-bond donors (Lipinski definition) is 1. The monoisotopic (exact) mass is 242 g/mol. The van der Waals surface area contributed by atoms with Crippen molar-refractivity contribution in [2.75, 3.05) is 0 Å². The predicted octanol–water partition coefficient (Wildman–Crippen LogP) is 3.07. The summed E-state index contributed by atoms with van der Waals surface area (Å²) in [6.07, 6.45) is 2.56. The average molecular weight is 243 g/mol. The predicted molar refractivity (Wildman–Crippen MR) is 60.8 cm³/mol. The zero-order valence-corrected chi connectivity index (χ0v) is 9.35. The summed E-state index contributed by atoms with van der Waals surface area (Å²) in [5.41, 5.74) is -0.814. The molecule has 0 aliphatic carbocycles. The Hall–Kier alpha value is -1.81. The number of benzene rings is 1. The van der Waals surface area contributed by atoms with Crippen LogP contribution in [0.2, 0.25) is 0 Å². The number of carboxylic acid groups (broad SMARTS) is 1. The third-order valence-electron chi connectivity index (χ3n) is 1.25. The molecule has 1 aromatic carbocycles. The summed E-state index contributed by atoms with van der Waals surface area (Å²) in [6, 6.07) is 8.65. The van der Waals surface area contributed by atoms with Crippen LogP contribution in [0.3, 0.4) is 0 Å². The van der Waals surface area contributed by atoms with E-state index in [2.05, 4.69) is 4.74 Å². The topological polar surface area (TPSA) is 63.6 Å². The first-order valence-corrected chi connectivity index (χ1v) is 4.72. The number of hydrogen-bond acceptors (Lipinski definition) is 3. The second-order valence-electron chi connectivity index (χ2n) is 2.49. The first-order chi connectivity index (χ1) is 7.56. The van der Waals surface area contributed by atoms with Crippen molar-refractivity contribution in [2.24, 2.45) is 0 Å². The largest absolute Gasteiger partial charge is 0.478 e. The lowest BCUT2D eigenvalue weighted by Crippen LogP contribution is -1.94. The molecule has 0 aliphatic heterocycles. The van der Waals surface area contributed by atoms with Gasteiger partial charge in [0, 0.05) is 17.7 Å². The highest BCUT2D eigenvalue weighted by Crippen LogP contribution is 2.09. The quantitative estimate of drug-likeness (QED) is 0.639. The lowest BCUT2D eigenvalue weighted by Gasteiger charge is -1.95. The number of allylic oxidation sites excluding steroid dienone is 1. The van der Waals surface area contributed by atoms with Gasteiger partial charge in [-0.3, -0.25) is 0 Å². The molecule has 5 heteroatoms. The third-order valence-corrected chi connectivity index (χ3v) is 1.33. The van der Waals surface area contributed by atoms with Crippen molar-refractivity contribution in [2.45, 2.75) is 6.92 Å². The maximum atomic E-state index is 10.2. The molecule has 1 N–H and O–H groups in total. The number of carbonyl (C=O) groups is 2. The molecule has 0 spiro atoms. The van der Waals surface area contributed by atoms with Gasteiger partial charge < -0.3 is 9.84 Å². The van der Waals surface area contributed by atoms with Crippen molar-refractivity contribution in [1.82, 2.24) is 0 Å². The molecule has 16 heavy (non-hydrogen) atoms. The maximum Gasteiger partial charge on any atom is 0.409 e. The average Bonchev–Trinajstić information content (AvgIpc) is 2.18. The minimum atomic E-state index is -0.891. The number of aliphatic carboxylic acids is 1. The zero-order valence-electron chi connectivity index (χ0n) is 8.59. The summed E-state index contributed by atoms with van der Waals surface area (Å²) in [7, 11) is 0. The molecule has 0 fully saturated rings. The third kappa shape index (κ3) is 8.77. The highest BCUT2D eigenvalue weighted by atomic mass is 35.5. The van der Waals surface area contributed by atoms with Crippen LogP contribution in [0.1, 0.15) is 6.92 Å². The molecule has 1 aromatic rings. The Morgan fingerprint density at radius 2 is 1.88 bits per heavy atom. The second kappa shape index (κ2) is 8.49. The van der Waals surface area contributed by atoms with E-state index in [1.165, 1.54) is 6.08 Å². The molecule has 0 radical (unpaired) electrons. The molecule has 0 aliphatic rings. The number of carboxylic acids is 1. The normalized spacial score (nSPS) is 9.12. The number of rotatable bonds is 2. The lowest BCUT2D eigenvalue weighted by atomic mass is 10.3. The Balaban J connectivity index is 0.000000325. The van der Waals surface area contributed by atoms with Gasteiger partial charge in [0.05, 0.1) is 0 Å². The molecular formula is C11H11ClO4. The van der Waals surface area contributed by atoms with E-state index < -0.39 is 11.4 Å². The van der Waals surface area contributed by atoms with Gasteiger partial charge >= 0.3 is 11.4 Å². The van der Waals surface area contributed by atoms with Gasteiger partial charge in [-0.05, 0) is 19.1 Å². The van der Waals surface area contributed by atoms with Crippen LogP contribution in [0.4, 0.5) is 4.79 Å². The highest BCUT2D eigenvalue weighted by Gasteiger charge is 1.95. The van der Waals surface area contributed by atoms with Crippen molar-refractivity contribution in [3.63, 3.8) is 0 Å². The fourth-order valence-corrected chi connectivity index (χ4v) is 0.813. The molecule has 86 valence electrons. The molecule has 1 rings (SSSR count). The molecule has 0 heterocycles. The van der Waals surface area contributed by atoms with Crippen molar-refractivity contribution in [3.8, 4) is 5.75 Å². The minimum Gasteiger partial charge on any atom is -0.478 e. The molecule has 0 saturated heterocycles. The van der Waals surface area contributed by atoms with Gasteiger partial charge in [-0.2, -0.15) is 0 Å². The van der Waals surface area contributed by atoms with Crippen LogP contribution < -0.4 is 4.74 Å². The lowest BCUT2D eigenvalue weighted by molar-refractivity contribution is -0.131. The fraction of sp³-hybridized carbons (Fsp3) is 0.0909. The standard InChI is InChI=1S/C7H5ClO2.C4H6O2/c8-7(9)10-6-4-2-1-3-5-6;1-2-3-4(5)6/h1-5H;2-3H,1H3,(H,5,6). The van der Waals surface area contributed by atoms with Crippen molar-refractivity contribution < 1.29 is 19.4 Å². The van der Waals surface area contributed by atoms with Gasteiger partial charge in [0.2, 0.25) is 0 Å². The Morgan fingerprint density at radius 1 is 1.31 bits per heavy atom. The maximum absolute atomic E-state index is 10.2. The number of ether oxygens (including phenoxy) is 1. The SMILES string of the molecule is CC=CC(=O)O.O=C(Cl)Oc1ccccc1. The minimum absolute atomic E-state index is 0.461. The number of halogens is 1. The van der Waals surface area contributed by atoms with Crippen LogP contribution in [0, 0.1) is 0 Å². The van der Waals surface area contributed by atoms with Crippen LogP contribution in [-0.4, -0.2) is 16.5 Å². The highest BCUT2D eigenvalue weighted by molar-refractivity contribution is 6.61. The van der Waals surface area contributed by atoms with Gasteiger partial charge in [0.25, 0.3) is 0 Å². The van der Waals surface area contributed by atoms with Gasteiger partial charge in [-0.1, -0.05) is 24.3 Å². The molecule has 0 atom stereocenters. The molecular weight excluding hydrogens is 232 g/mol. The zero-order chi connectivity index (χ0) is 12.4. The van der Waals surface area contributed by atoms with E-state index >= 15 is 0 Å². The van der Waals surface area contributed by atoms with Crippen LogP contribution >= 0.6 is 11.6 Å². The van der Waals surface area contributed by atoms with Crippen LogP contribution in [-0.2, 0) is 4.79 Å². The molecule has 4 nitrogen and oxygen atoms in total. The van der Waals surface area contributed by atoms with E-state index in [9.17, 15) is 9.59 Å². The summed E-state index contributed by atoms with van der Waals surface area (Å²) in [5.74, 6) is -0.431. The van der Waals surface area contributed by atoms with Crippen LogP contribution in [0.5, 0.6) is 5.75 Å². The molecule has 0 saturated carbocycles. The Morgan fingerprint density at radius 3 is 2.19 bits per heavy atom. The van der Waals surface area contributed by atoms with Gasteiger partial charge in [-0.15, -0.1) is 0 Å². The summed E-state index contributed by atoms with van der Waals surface area (Å²) in [5, 5.41) is 7.83. The van der Waals surface area contributed by atoms with Crippen LogP contribution in [0.15, 0.2) is 42.5 Å². The number of carbonyl (C=O) groups excluding carboxylic acids is 1. The summed E-state index contributed by atoms with van der Waals surface area (Å²) >= 11 is 4.95. The Bertz CT molecular complexity index is 360. The van der Waals surface area contributed by atoms with Gasteiger partial charge in [0.15, 0.2) is 0 Å². The Labute approximate surface area is 98.1 Å². The first-order valence-electron chi connectivity index (χ1n) is 4.34. The Kier molecular flexibility index (Phi) is 7.53. The van der Waals surface area contributed by atoms with E-state index in [0.29, 0.717) is 5.75 Å². The summed E-state index contributed by atoms with van der Waals surface area (Å²) in [6.45, 7) is 1.66. The van der Waals surface area contributed by atoms with Gasteiger partial charge in [-0.25, -0.2) is 9.59 Å². The molecule has 0 unspecified atom stereocenters. The van der Waals surface area contributed by atoms with Crippen molar-refractivity contribution in [3.05, 3.63) is 42.5 Å². The fourth-order valence-electron chi connectivity index (χ4n) is 0.724. The summed E-state index contributed by atoms with van der Waals surface area (Å²) < 4.78 is 4.54. The molecule has 0 bridgehead atoms. The van der Waals surface area contributed by atoms with Crippen molar-refractivity contribution in [1.29, 1.82) is 0 Å². The van der Waals surface area contributed by atoms with E-state index in [4.69, 9.17) is 16.7 Å². The van der Waals surface area contributed by atoms with Crippen molar-refractivity contribution >= 4 is 23.0 Å². The molecule has 0 aromatic heterocycles. The first kappa shape index (κ1) is 14.2. The van der Waals surface area contributed by atoms with E-state index in [-0.39, 0.29) is 0 Å². The van der Waals surface area contributed by atoms with Crippen LogP contribution in [0.25, 0.3) is 0 Å². The van der Waals surface area contributed by atoms with E-state index in [0.717, 1.165) is 6.08 Å². The summed E-state index contributed by atoms with van der Waals surface area (Å²) in [4.78, 5) is 19.7. The van der Waals surface area contributed by atoms with E-state index in [1.54, 1.807) is 31.2 Å². The second-order valence-corrected chi connectivity index (χ2v) is 2.80. The van der Waals surface area contributed by atoms with Gasteiger partial charge in [0.1, 0.15) is 5.75 Å². The molecule has 0 amide bonds. The van der Waals surface area contributed by atoms with E-state index in [1.807, 2.05) is 6.07 Å². The number of para-hydroxylation sites is 1. The smallest absolute Gasteiger partial charge is 0.409 e.